The van der Waals surface area contributed by atoms with Crippen molar-refractivity contribution in [2.75, 3.05) is 11.1 Å². The van der Waals surface area contributed by atoms with Gasteiger partial charge in [0, 0.05) is 11.6 Å². The fraction of sp³-hybridized carbons (Fsp3) is 0.143. The summed E-state index contributed by atoms with van der Waals surface area (Å²) in [6.07, 6.45) is 0. The van der Waals surface area contributed by atoms with Crippen LogP contribution >= 0.6 is 11.8 Å². The molecule has 8 heteroatoms. The molecule has 0 bridgehead atoms. The Kier molecular flexibility index (Phi) is 4.19. The smallest absolute Gasteiger partial charge is 0.277 e. The van der Waals surface area contributed by atoms with Crippen LogP contribution in [-0.2, 0) is 4.79 Å². The van der Waals surface area contributed by atoms with Crippen molar-refractivity contribution in [3.05, 3.63) is 42.1 Å². The van der Waals surface area contributed by atoms with Crippen LogP contribution < -0.4 is 5.32 Å². The lowest BCUT2D eigenvalue weighted by atomic mass is 10.2. The molecule has 2 heterocycles. The van der Waals surface area contributed by atoms with Gasteiger partial charge in [0.15, 0.2) is 0 Å². The molecule has 1 aromatic carbocycles. The fourth-order valence-corrected chi connectivity index (χ4v) is 2.25. The summed E-state index contributed by atoms with van der Waals surface area (Å²) in [4.78, 5) is 11.8. The molecule has 112 valence electrons. The zero-order valence-corrected chi connectivity index (χ0v) is 12.5. The lowest BCUT2D eigenvalue weighted by Crippen LogP contribution is -2.13. The molecular weight excluding hydrogens is 304 g/mol. The van der Waals surface area contributed by atoms with Gasteiger partial charge in [0.2, 0.25) is 17.7 Å². The van der Waals surface area contributed by atoms with E-state index >= 15 is 0 Å². The van der Waals surface area contributed by atoms with Crippen LogP contribution in [0.4, 0.5) is 5.88 Å². The predicted octanol–water partition coefficient (Wildman–Crippen LogP) is 2.76. The molecule has 0 radical (unpaired) electrons. The molecular formula is C14H12N4O3S. The second-order valence-corrected chi connectivity index (χ2v) is 5.34. The quantitative estimate of drug-likeness (QED) is 0.723. The van der Waals surface area contributed by atoms with E-state index in [1.807, 2.05) is 30.3 Å². The van der Waals surface area contributed by atoms with Crippen LogP contribution in [0.3, 0.4) is 0 Å². The van der Waals surface area contributed by atoms with Crippen LogP contribution in [0.25, 0.3) is 11.5 Å². The molecule has 0 saturated carbocycles. The average Bonchev–Trinajstić information content (AvgIpc) is 3.15. The number of anilines is 1. The van der Waals surface area contributed by atoms with E-state index in [2.05, 4.69) is 20.7 Å². The van der Waals surface area contributed by atoms with Gasteiger partial charge in [-0.3, -0.25) is 10.1 Å². The van der Waals surface area contributed by atoms with Crippen LogP contribution in [0.15, 0.2) is 50.6 Å². The highest BCUT2D eigenvalue weighted by Gasteiger charge is 2.12. The summed E-state index contributed by atoms with van der Waals surface area (Å²) in [5.74, 6) is 0.643. The molecule has 0 spiro atoms. The monoisotopic (exact) mass is 316 g/mol. The van der Waals surface area contributed by atoms with Gasteiger partial charge in [-0.2, -0.15) is 0 Å². The lowest BCUT2D eigenvalue weighted by molar-refractivity contribution is -0.113. The second-order valence-electron chi connectivity index (χ2n) is 4.41. The Morgan fingerprint density at radius 1 is 1.27 bits per heavy atom. The third kappa shape index (κ3) is 3.53. The number of hydrogen-bond acceptors (Lipinski definition) is 7. The Morgan fingerprint density at radius 2 is 2.09 bits per heavy atom. The van der Waals surface area contributed by atoms with E-state index in [0.29, 0.717) is 22.7 Å². The summed E-state index contributed by atoms with van der Waals surface area (Å²) in [6.45, 7) is 1.78. The van der Waals surface area contributed by atoms with Gasteiger partial charge in [-0.1, -0.05) is 35.1 Å². The van der Waals surface area contributed by atoms with E-state index in [1.165, 1.54) is 0 Å². The minimum absolute atomic E-state index is 0.135. The fourth-order valence-electron chi connectivity index (χ4n) is 1.69. The van der Waals surface area contributed by atoms with E-state index in [9.17, 15) is 4.79 Å². The number of rotatable bonds is 5. The van der Waals surface area contributed by atoms with Crippen molar-refractivity contribution in [1.82, 2.24) is 15.4 Å². The summed E-state index contributed by atoms with van der Waals surface area (Å²) in [5.41, 5.74) is 1.54. The van der Waals surface area contributed by atoms with Crippen molar-refractivity contribution in [2.45, 2.75) is 12.1 Å². The molecule has 0 aliphatic heterocycles. The first-order valence-electron chi connectivity index (χ1n) is 6.45. The normalized spacial score (nSPS) is 10.6. The maximum Gasteiger partial charge on any atom is 0.277 e. The van der Waals surface area contributed by atoms with E-state index < -0.39 is 0 Å². The maximum absolute atomic E-state index is 11.8. The van der Waals surface area contributed by atoms with E-state index in [-0.39, 0.29) is 11.7 Å². The molecule has 3 aromatic rings. The Bertz CT molecular complexity index is 769. The highest BCUT2D eigenvalue weighted by Crippen LogP contribution is 2.23. The summed E-state index contributed by atoms with van der Waals surface area (Å²) in [7, 11) is 0. The number of nitrogens with zero attached hydrogens (tertiary/aromatic N) is 3. The standard InChI is InChI=1S/C14H12N4O3S/c1-9-7-12(21-18-9)15-11(19)8-22-14-17-16-13(20-14)10-5-3-2-4-6-10/h2-7H,8H2,1H3,(H,15,19). The third-order valence-electron chi connectivity index (χ3n) is 2.64. The van der Waals surface area contributed by atoms with E-state index in [0.717, 1.165) is 17.3 Å². The summed E-state index contributed by atoms with van der Waals surface area (Å²) < 4.78 is 10.4. The Hall–Kier alpha value is -2.61. The van der Waals surface area contributed by atoms with Gasteiger partial charge in [-0.05, 0) is 19.1 Å². The first-order valence-corrected chi connectivity index (χ1v) is 7.44. The van der Waals surface area contributed by atoms with E-state index in [1.54, 1.807) is 13.0 Å². The Balaban J connectivity index is 1.56. The van der Waals surface area contributed by atoms with Crippen LogP contribution in [0.5, 0.6) is 0 Å². The number of aryl methyl sites for hydroxylation is 1. The summed E-state index contributed by atoms with van der Waals surface area (Å²) >= 11 is 1.16. The molecule has 0 fully saturated rings. The van der Waals surface area contributed by atoms with E-state index in [4.69, 9.17) is 8.94 Å². The number of carbonyl (C=O) groups excluding carboxylic acids is 1. The van der Waals surface area contributed by atoms with Crippen molar-refractivity contribution in [1.29, 1.82) is 0 Å². The molecule has 3 rings (SSSR count). The van der Waals surface area contributed by atoms with Crippen molar-refractivity contribution < 1.29 is 13.7 Å². The van der Waals surface area contributed by atoms with Gasteiger partial charge in [0.05, 0.1) is 11.4 Å². The SMILES string of the molecule is Cc1cc(NC(=O)CSc2nnc(-c3ccccc3)o2)on1. The first-order chi connectivity index (χ1) is 10.7. The van der Waals surface area contributed by atoms with Crippen molar-refractivity contribution in [2.24, 2.45) is 0 Å². The number of hydrogen-bond donors (Lipinski definition) is 1. The highest BCUT2D eigenvalue weighted by molar-refractivity contribution is 7.99. The molecule has 22 heavy (non-hydrogen) atoms. The van der Waals surface area contributed by atoms with Gasteiger partial charge < -0.3 is 8.94 Å². The number of nitrogens with one attached hydrogen (secondary N) is 1. The molecule has 0 aliphatic carbocycles. The summed E-state index contributed by atoms with van der Waals surface area (Å²) in [6, 6.07) is 11.1. The minimum Gasteiger partial charge on any atom is -0.411 e. The van der Waals surface area contributed by atoms with Gasteiger partial charge in [-0.15, -0.1) is 10.2 Å². The highest BCUT2D eigenvalue weighted by atomic mass is 32.2. The maximum atomic E-state index is 11.8. The lowest BCUT2D eigenvalue weighted by Gasteiger charge is -1.98. The molecule has 0 atom stereocenters. The minimum atomic E-state index is -0.236. The molecule has 2 aromatic heterocycles. The average molecular weight is 316 g/mol. The third-order valence-corrected chi connectivity index (χ3v) is 3.46. The first kappa shape index (κ1) is 14.3. The number of thioether (sulfide) groups is 1. The number of carbonyl (C=O) groups is 1. The van der Waals surface area contributed by atoms with Crippen molar-refractivity contribution in [3.63, 3.8) is 0 Å². The largest absolute Gasteiger partial charge is 0.411 e. The van der Waals surface area contributed by atoms with Gasteiger partial charge >= 0.3 is 0 Å². The molecule has 1 amide bonds. The van der Waals surface area contributed by atoms with Crippen LogP contribution in [0.2, 0.25) is 0 Å². The van der Waals surface area contributed by atoms with Crippen LogP contribution in [0, 0.1) is 6.92 Å². The summed E-state index contributed by atoms with van der Waals surface area (Å²) in [5, 5.41) is 14.5. The number of benzene rings is 1. The Morgan fingerprint density at radius 3 is 2.82 bits per heavy atom. The van der Waals surface area contributed by atoms with Gasteiger partial charge in [0.25, 0.3) is 5.22 Å². The van der Waals surface area contributed by atoms with Crippen LogP contribution in [-0.4, -0.2) is 27.0 Å². The topological polar surface area (TPSA) is 94.1 Å². The second kappa shape index (κ2) is 6.44. The van der Waals surface area contributed by atoms with Crippen molar-refractivity contribution in [3.8, 4) is 11.5 Å². The molecule has 7 nitrogen and oxygen atoms in total. The number of aromatic nitrogens is 3. The number of amides is 1. The zero-order chi connectivity index (χ0) is 15.4. The Labute approximate surface area is 130 Å². The zero-order valence-electron chi connectivity index (χ0n) is 11.6. The predicted molar refractivity (Wildman–Crippen MR) is 80.3 cm³/mol. The van der Waals surface area contributed by atoms with Crippen LogP contribution in [0.1, 0.15) is 5.69 Å². The molecule has 1 N–H and O–H groups in total. The molecule has 0 unspecified atom stereocenters. The van der Waals surface area contributed by atoms with Crippen molar-refractivity contribution >= 4 is 23.6 Å². The molecule has 0 aliphatic rings. The van der Waals surface area contributed by atoms with Gasteiger partial charge in [0.1, 0.15) is 0 Å². The molecule has 0 saturated heterocycles. The van der Waals surface area contributed by atoms with Gasteiger partial charge in [-0.25, -0.2) is 0 Å².